The van der Waals surface area contributed by atoms with Gasteiger partial charge in [0.25, 0.3) is 11.8 Å². The van der Waals surface area contributed by atoms with Gasteiger partial charge in [0.1, 0.15) is 30.7 Å². The first-order valence-corrected chi connectivity index (χ1v) is 9.86. The van der Waals surface area contributed by atoms with Crippen LogP contribution in [0.5, 0.6) is 5.75 Å². The fraction of sp³-hybridized carbons (Fsp3) is 0.217. The molecule has 2 aliphatic heterocycles. The Hall–Kier alpha value is -3.94. The van der Waals surface area contributed by atoms with Gasteiger partial charge in [0, 0.05) is 18.1 Å². The molecule has 5 rings (SSSR count). The molecule has 3 heterocycles. The van der Waals surface area contributed by atoms with E-state index in [-0.39, 0.29) is 23.8 Å². The molecule has 2 aliphatic rings. The fourth-order valence-corrected chi connectivity index (χ4v) is 3.80. The smallest absolute Gasteiger partial charge is 0.326 e. The molecule has 0 aliphatic carbocycles. The number of fused-ring (bicyclic) bond motifs is 2. The molecule has 2 amide bonds. The first-order valence-electron chi connectivity index (χ1n) is 9.86. The number of amides is 2. The van der Waals surface area contributed by atoms with Gasteiger partial charge < -0.3 is 14.0 Å². The molecule has 1 unspecified atom stereocenters. The van der Waals surface area contributed by atoms with Crippen LogP contribution in [0, 0.1) is 0 Å². The number of carbonyl (C=O) groups is 3. The number of benzene rings is 2. The molecule has 8 nitrogen and oxygen atoms in total. The molecule has 0 N–H and O–H groups in total. The number of hydrogen-bond donors (Lipinski definition) is 0. The summed E-state index contributed by atoms with van der Waals surface area (Å²) in [5, 5.41) is 3.94. The molecule has 8 heteroatoms. The maximum Gasteiger partial charge on any atom is 0.326 e. The molecular weight excluding hydrogens is 400 g/mol. The van der Waals surface area contributed by atoms with E-state index in [0.29, 0.717) is 11.5 Å². The Morgan fingerprint density at radius 3 is 2.61 bits per heavy atom. The average molecular weight is 418 g/mol. The highest BCUT2D eigenvalue weighted by Crippen LogP contribution is 2.33. The number of esters is 1. The molecule has 0 bridgehead atoms. The third-order valence-electron chi connectivity index (χ3n) is 5.29. The predicted molar refractivity (Wildman–Crippen MR) is 107 cm³/mol. The average Bonchev–Trinajstić information content (AvgIpc) is 3.45. The summed E-state index contributed by atoms with van der Waals surface area (Å²) in [7, 11) is 0. The van der Waals surface area contributed by atoms with Crippen LogP contribution in [-0.2, 0) is 22.6 Å². The van der Waals surface area contributed by atoms with E-state index >= 15 is 0 Å². The van der Waals surface area contributed by atoms with Crippen LogP contribution in [0.1, 0.15) is 38.9 Å². The second kappa shape index (κ2) is 7.39. The molecule has 2 aromatic carbocycles. The highest BCUT2D eigenvalue weighted by Gasteiger charge is 2.36. The number of carbonyl (C=O) groups excluding carboxylic acids is 3. The summed E-state index contributed by atoms with van der Waals surface area (Å²) in [4.78, 5) is 37.8. The molecule has 1 aromatic heterocycles. The van der Waals surface area contributed by atoms with Crippen molar-refractivity contribution in [2.24, 2.45) is 0 Å². The number of hydrogen-bond acceptors (Lipinski definition) is 7. The minimum Gasteiger partial charge on any atom is -0.490 e. The van der Waals surface area contributed by atoms with Crippen LogP contribution >= 0.6 is 0 Å². The van der Waals surface area contributed by atoms with Crippen LogP contribution in [-0.4, -0.2) is 40.5 Å². The van der Waals surface area contributed by atoms with Crippen LogP contribution in [0.25, 0.3) is 11.3 Å². The van der Waals surface area contributed by atoms with E-state index in [1.165, 1.54) is 0 Å². The van der Waals surface area contributed by atoms with Gasteiger partial charge >= 0.3 is 5.97 Å². The van der Waals surface area contributed by atoms with Crippen molar-refractivity contribution >= 4 is 17.8 Å². The quantitative estimate of drug-likeness (QED) is 0.464. The van der Waals surface area contributed by atoms with Gasteiger partial charge in [0.05, 0.1) is 11.1 Å². The Morgan fingerprint density at radius 2 is 1.87 bits per heavy atom. The highest BCUT2D eigenvalue weighted by molar-refractivity contribution is 6.22. The Morgan fingerprint density at radius 1 is 1.13 bits per heavy atom. The van der Waals surface area contributed by atoms with Crippen molar-refractivity contribution in [2.75, 3.05) is 6.54 Å². The third-order valence-corrected chi connectivity index (χ3v) is 5.29. The zero-order valence-electron chi connectivity index (χ0n) is 16.7. The van der Waals surface area contributed by atoms with E-state index in [1.54, 1.807) is 30.3 Å². The zero-order valence-corrected chi connectivity index (χ0v) is 16.7. The van der Waals surface area contributed by atoms with Gasteiger partial charge in [-0.15, -0.1) is 0 Å². The van der Waals surface area contributed by atoms with Crippen molar-refractivity contribution < 1.29 is 28.4 Å². The zero-order chi connectivity index (χ0) is 21.5. The second-order valence-corrected chi connectivity index (χ2v) is 7.54. The lowest BCUT2D eigenvalue weighted by atomic mass is 10.1. The van der Waals surface area contributed by atoms with Crippen molar-refractivity contribution in [3.8, 4) is 17.1 Å². The molecule has 0 fully saturated rings. The first kappa shape index (κ1) is 19.0. The van der Waals surface area contributed by atoms with Crippen molar-refractivity contribution in [1.82, 2.24) is 10.1 Å². The highest BCUT2D eigenvalue weighted by atomic mass is 16.5. The topological polar surface area (TPSA) is 98.9 Å². The van der Waals surface area contributed by atoms with Crippen LogP contribution in [0.3, 0.4) is 0 Å². The summed E-state index contributed by atoms with van der Waals surface area (Å²) in [6.07, 6.45) is 0.983. The minimum atomic E-state index is -0.706. The van der Waals surface area contributed by atoms with Gasteiger partial charge in [-0.1, -0.05) is 17.3 Å². The second-order valence-electron chi connectivity index (χ2n) is 7.54. The fourth-order valence-electron chi connectivity index (χ4n) is 3.80. The largest absolute Gasteiger partial charge is 0.490 e. The van der Waals surface area contributed by atoms with E-state index in [2.05, 4.69) is 5.16 Å². The molecule has 0 saturated heterocycles. The summed E-state index contributed by atoms with van der Waals surface area (Å²) >= 11 is 0. The van der Waals surface area contributed by atoms with Gasteiger partial charge in [-0.3, -0.25) is 19.3 Å². The van der Waals surface area contributed by atoms with Crippen LogP contribution in [0.15, 0.2) is 53.1 Å². The van der Waals surface area contributed by atoms with Crippen LogP contribution in [0.4, 0.5) is 0 Å². The van der Waals surface area contributed by atoms with Gasteiger partial charge in [-0.2, -0.15) is 0 Å². The van der Waals surface area contributed by atoms with E-state index in [9.17, 15) is 14.4 Å². The normalized spacial score (nSPS) is 16.8. The molecule has 1 atom stereocenters. The molecule has 0 radical (unpaired) electrons. The van der Waals surface area contributed by atoms with Gasteiger partial charge in [0.15, 0.2) is 5.76 Å². The van der Waals surface area contributed by atoms with Gasteiger partial charge in [-0.05, 0) is 42.8 Å². The monoisotopic (exact) mass is 418 g/mol. The Kier molecular flexibility index (Phi) is 4.54. The number of aromatic nitrogens is 1. The minimum absolute atomic E-state index is 0.128. The van der Waals surface area contributed by atoms with E-state index in [0.717, 1.165) is 28.2 Å². The number of imide groups is 1. The first-order chi connectivity index (χ1) is 15.0. The van der Waals surface area contributed by atoms with E-state index < -0.39 is 24.3 Å². The van der Waals surface area contributed by atoms with Crippen LogP contribution in [0.2, 0.25) is 0 Å². The van der Waals surface area contributed by atoms with Gasteiger partial charge in [-0.25, -0.2) is 0 Å². The standard InChI is InChI=1S/C23H18N2O6/c1-13-8-15-9-14(6-7-19(15)30-13)20-10-16(24-31-20)12-29-21(26)11-25-22(27)17-4-2-3-5-18(17)23(25)28/h2-7,9-10,13H,8,11-12H2,1H3. The molecule has 31 heavy (non-hydrogen) atoms. The summed E-state index contributed by atoms with van der Waals surface area (Å²) in [6.45, 7) is 1.43. The number of ether oxygens (including phenoxy) is 2. The van der Waals surface area contributed by atoms with Crippen molar-refractivity contribution in [2.45, 2.75) is 26.1 Å². The van der Waals surface area contributed by atoms with Crippen LogP contribution < -0.4 is 4.74 Å². The Balaban J connectivity index is 1.21. The molecule has 3 aromatic rings. The molecular formula is C23H18N2O6. The van der Waals surface area contributed by atoms with Gasteiger partial charge in [0.2, 0.25) is 0 Å². The molecule has 0 saturated carbocycles. The van der Waals surface area contributed by atoms with Crippen molar-refractivity contribution in [3.63, 3.8) is 0 Å². The Bertz CT molecular complexity index is 1180. The lowest BCUT2D eigenvalue weighted by molar-refractivity contribution is -0.145. The number of nitrogens with zero attached hydrogens (tertiary/aromatic N) is 2. The van der Waals surface area contributed by atoms with Crippen molar-refractivity contribution in [3.05, 3.63) is 70.9 Å². The number of rotatable bonds is 5. The summed E-state index contributed by atoms with van der Waals surface area (Å²) in [5.74, 6) is -0.290. The van der Waals surface area contributed by atoms with E-state index in [1.807, 2.05) is 25.1 Å². The Labute approximate surface area is 177 Å². The lowest BCUT2D eigenvalue weighted by Crippen LogP contribution is -2.35. The summed E-state index contributed by atoms with van der Waals surface area (Å²) < 4.78 is 16.3. The summed E-state index contributed by atoms with van der Waals surface area (Å²) in [6, 6.07) is 13.9. The van der Waals surface area contributed by atoms with E-state index in [4.69, 9.17) is 14.0 Å². The lowest BCUT2D eigenvalue weighted by Gasteiger charge is -2.12. The predicted octanol–water partition coefficient (Wildman–Crippen LogP) is 3.00. The molecule has 156 valence electrons. The maximum atomic E-state index is 12.3. The third kappa shape index (κ3) is 3.46. The van der Waals surface area contributed by atoms with Crippen molar-refractivity contribution in [1.29, 1.82) is 0 Å². The summed E-state index contributed by atoms with van der Waals surface area (Å²) in [5.41, 5.74) is 2.96. The maximum absolute atomic E-state index is 12.3. The SMILES string of the molecule is CC1Cc2cc(-c3cc(COC(=O)CN4C(=O)c5ccccc5C4=O)no3)ccc2O1. The molecule has 0 spiro atoms.